The van der Waals surface area contributed by atoms with Crippen LogP contribution >= 0.6 is 0 Å². The fraction of sp³-hybridized carbons (Fsp3) is 0. The Hall–Kier alpha value is 0.0494. The van der Waals surface area contributed by atoms with Gasteiger partial charge in [-0.3, -0.25) is 0 Å². The van der Waals surface area contributed by atoms with E-state index in [1.165, 1.54) is 32.0 Å². The largest absolute Gasteiger partial charge is 3.00 e. The normalized spacial score (nSPS) is 3.27. The van der Waals surface area contributed by atoms with Crippen molar-refractivity contribution in [3.8, 4) is 0 Å². The molecule has 0 aliphatic carbocycles. The number of nitrogens with zero attached hydrogens (tertiary/aromatic N) is 6. The molecule has 120 valence electrons. The Morgan fingerprint density at radius 2 is 0.364 bits per heavy atom. The maximum atomic E-state index is 8.11. The second-order valence-corrected chi connectivity index (χ2v) is 0.490. The average molecular weight is 543 g/mol. The minimum atomic E-state index is 0. The van der Waals surface area contributed by atoms with Crippen molar-refractivity contribution in [3.05, 3.63) is 29.4 Å². The van der Waals surface area contributed by atoms with E-state index < -0.39 is 0 Å². The van der Waals surface area contributed by atoms with Crippen molar-refractivity contribution in [3.63, 3.8) is 0 Å². The molecule has 6 N–H and O–H groups in total. The van der Waals surface area contributed by atoms with E-state index in [0.29, 0.717) is 0 Å². The SMILES string of the molecule is O=NO.O=NO.O=NO.O=NO.O=NO.O=NO.[Ir-3].[Na+].[Na+].[Na+]. The summed E-state index contributed by atoms with van der Waals surface area (Å²) >= 11 is 0. The molecular formula is H6IrN6Na3O12. The van der Waals surface area contributed by atoms with Crippen LogP contribution in [0.1, 0.15) is 0 Å². The van der Waals surface area contributed by atoms with Gasteiger partial charge in [-0.1, -0.05) is 0 Å². The second-order valence-electron chi connectivity index (χ2n) is 0.490. The third kappa shape index (κ3) is 2990000. The van der Waals surface area contributed by atoms with E-state index >= 15 is 0 Å². The van der Waals surface area contributed by atoms with Crippen molar-refractivity contribution < 1.29 is 140 Å². The molecule has 0 heterocycles. The first-order chi connectivity index (χ1) is 8.49. The fourth-order valence-electron chi connectivity index (χ4n) is 0. The molecule has 0 aliphatic rings. The predicted molar refractivity (Wildman–Crippen MR) is 45.5 cm³/mol. The third-order valence-electron chi connectivity index (χ3n) is 0. The van der Waals surface area contributed by atoms with Gasteiger partial charge in [-0.2, -0.15) is 0 Å². The standard InChI is InChI=1S/Ir.6HNO2.3Na/c;6*2-1-3;;;/h;6*(H,2,3);;;/q-3;;;;;;;3*+1. The van der Waals surface area contributed by atoms with Crippen LogP contribution in [-0.2, 0) is 20.1 Å². The van der Waals surface area contributed by atoms with Gasteiger partial charge in [-0.15, -0.1) is 29.4 Å². The zero-order chi connectivity index (χ0) is 16.2. The van der Waals surface area contributed by atoms with E-state index in [1.807, 2.05) is 0 Å². The van der Waals surface area contributed by atoms with Gasteiger partial charge in [-0.25, -0.2) is 0 Å². The van der Waals surface area contributed by atoms with Gasteiger partial charge in [0.05, 0.1) is 0 Å². The minimum absolute atomic E-state index is 0. The summed E-state index contributed by atoms with van der Waals surface area (Å²) < 4.78 is 0. The molecule has 0 aromatic heterocycles. The first kappa shape index (κ1) is 67.3. The van der Waals surface area contributed by atoms with E-state index in [2.05, 4.69) is 0 Å². The molecule has 0 bridgehead atoms. The van der Waals surface area contributed by atoms with Gasteiger partial charge >= 0.3 is 88.7 Å². The molecular weight excluding hydrogens is 537 g/mol. The van der Waals surface area contributed by atoms with Gasteiger partial charge in [0.2, 0.25) is 0 Å². The van der Waals surface area contributed by atoms with Crippen LogP contribution in [0.5, 0.6) is 0 Å². The molecule has 22 heavy (non-hydrogen) atoms. The van der Waals surface area contributed by atoms with Gasteiger partial charge in [0, 0.05) is 0 Å². The maximum absolute atomic E-state index is 8.11. The van der Waals surface area contributed by atoms with E-state index in [1.54, 1.807) is 0 Å². The summed E-state index contributed by atoms with van der Waals surface area (Å²) in [6.45, 7) is 0. The Balaban J connectivity index is -0.00000000947. The minimum Gasteiger partial charge on any atom is -3.00 e. The molecule has 0 aliphatic heterocycles. The van der Waals surface area contributed by atoms with Crippen molar-refractivity contribution in [1.82, 2.24) is 0 Å². The zero-order valence-corrected chi connectivity index (χ0v) is 19.5. The van der Waals surface area contributed by atoms with Crippen LogP contribution in [-0.4, -0.2) is 31.2 Å². The predicted octanol–water partition coefficient (Wildman–Crippen LogP) is -8.14. The van der Waals surface area contributed by atoms with E-state index in [0.717, 1.165) is 0 Å². The molecule has 0 radical (unpaired) electrons. The van der Waals surface area contributed by atoms with Crippen LogP contribution in [0.4, 0.5) is 0 Å². The second kappa shape index (κ2) is 231. The summed E-state index contributed by atoms with van der Waals surface area (Å²) in [7, 11) is 0. The molecule has 0 saturated heterocycles. The van der Waals surface area contributed by atoms with Crippen LogP contribution in [0.3, 0.4) is 0 Å². The first-order valence-electron chi connectivity index (χ1n) is 2.30. The van der Waals surface area contributed by atoms with Crippen LogP contribution in [0, 0.1) is 29.4 Å². The van der Waals surface area contributed by atoms with Crippen LogP contribution < -0.4 is 88.7 Å². The van der Waals surface area contributed by atoms with Crippen LogP contribution in [0.25, 0.3) is 0 Å². The molecule has 22 heteroatoms. The summed E-state index contributed by atoms with van der Waals surface area (Å²) in [4.78, 5) is 48.7. The number of rotatable bonds is 0. The van der Waals surface area contributed by atoms with Crippen molar-refractivity contribution >= 4 is 0 Å². The van der Waals surface area contributed by atoms with Crippen molar-refractivity contribution in [2.75, 3.05) is 0 Å². The molecule has 0 atom stereocenters. The third-order valence-corrected chi connectivity index (χ3v) is 0. The summed E-state index contributed by atoms with van der Waals surface area (Å²) in [5.74, 6) is 0. The maximum Gasteiger partial charge on any atom is 1.00 e. The summed E-state index contributed by atoms with van der Waals surface area (Å²) in [5, 5.41) is 47.3. The van der Waals surface area contributed by atoms with E-state index in [9.17, 15) is 0 Å². The Labute approximate surface area is 199 Å². The quantitative estimate of drug-likeness (QED) is 0.0943. The smallest absolute Gasteiger partial charge is 1.00 e. The zero-order valence-electron chi connectivity index (χ0n) is 11.1. The molecule has 18 nitrogen and oxygen atoms in total. The van der Waals surface area contributed by atoms with Crippen molar-refractivity contribution in [2.45, 2.75) is 0 Å². The Kier molecular flexibility index (Phi) is 707. The van der Waals surface area contributed by atoms with E-state index in [-0.39, 0.29) is 109 Å². The number of hydrogen-bond acceptors (Lipinski definition) is 12. The van der Waals surface area contributed by atoms with Crippen LogP contribution in [0.2, 0.25) is 0 Å². The van der Waals surface area contributed by atoms with Gasteiger partial charge in [0.25, 0.3) is 0 Å². The summed E-state index contributed by atoms with van der Waals surface area (Å²) in [6.07, 6.45) is 0. The molecule has 0 unspecified atom stereocenters. The summed E-state index contributed by atoms with van der Waals surface area (Å²) in [6, 6.07) is 0. The molecule has 0 saturated carbocycles. The molecule has 0 amide bonds. The molecule has 0 aromatic rings. The molecule has 0 aromatic carbocycles. The molecule has 0 fully saturated rings. The Morgan fingerprint density at radius 1 is 0.364 bits per heavy atom. The number of hydrogen-bond donors (Lipinski definition) is 6. The molecule has 0 rings (SSSR count). The average Bonchev–Trinajstić information content (AvgIpc) is 2.23. The van der Waals surface area contributed by atoms with E-state index in [4.69, 9.17) is 60.7 Å². The van der Waals surface area contributed by atoms with Gasteiger partial charge in [-0.05, 0) is 0 Å². The van der Waals surface area contributed by atoms with Crippen molar-refractivity contribution in [1.29, 1.82) is 0 Å². The topological polar surface area (TPSA) is 298 Å². The first-order valence-corrected chi connectivity index (χ1v) is 2.30. The fourth-order valence-corrected chi connectivity index (χ4v) is 0. The van der Waals surface area contributed by atoms with Gasteiger partial charge in [0.1, 0.15) is 0 Å². The Bertz CT molecular complexity index is 126. The van der Waals surface area contributed by atoms with Gasteiger partial charge < -0.3 is 51.3 Å². The molecule has 0 spiro atoms. The summed E-state index contributed by atoms with van der Waals surface area (Å²) in [5.41, 5.74) is 0. The van der Waals surface area contributed by atoms with Gasteiger partial charge in [0.15, 0.2) is 32.0 Å². The monoisotopic (exact) mass is 544 g/mol. The van der Waals surface area contributed by atoms with Crippen molar-refractivity contribution in [2.24, 2.45) is 32.0 Å². The Morgan fingerprint density at radius 3 is 0.364 bits per heavy atom. The van der Waals surface area contributed by atoms with Crippen LogP contribution in [0.15, 0.2) is 32.0 Å².